The number of hydrogen-bond donors (Lipinski definition) is 0. The summed E-state index contributed by atoms with van der Waals surface area (Å²) in [5.74, 6) is 0. The highest BCUT2D eigenvalue weighted by molar-refractivity contribution is 14.1. The Labute approximate surface area is 109 Å². The van der Waals surface area contributed by atoms with Crippen molar-refractivity contribution in [3.8, 4) is 0 Å². The number of carbonyl (C=O) groups excluding carboxylic acids is 1. The van der Waals surface area contributed by atoms with E-state index in [2.05, 4.69) is 29.5 Å². The third-order valence-corrected chi connectivity index (χ3v) is 3.44. The molecule has 1 heterocycles. The van der Waals surface area contributed by atoms with E-state index in [1.807, 2.05) is 30.3 Å². The predicted molar refractivity (Wildman–Crippen MR) is 70.6 cm³/mol. The second-order valence-corrected chi connectivity index (χ2v) is 5.93. The van der Waals surface area contributed by atoms with Crippen LogP contribution in [0.3, 0.4) is 0 Å². The Balaban J connectivity index is 1.99. The largest absolute Gasteiger partial charge is 0.443 e. The maximum atomic E-state index is 11.6. The molecule has 0 saturated carbocycles. The molecule has 16 heavy (non-hydrogen) atoms. The van der Waals surface area contributed by atoms with Crippen molar-refractivity contribution in [3.63, 3.8) is 0 Å². The van der Waals surface area contributed by atoms with Crippen LogP contribution in [0.4, 0.5) is 4.79 Å². The summed E-state index contributed by atoms with van der Waals surface area (Å²) in [6.45, 7) is 3.39. The minimum atomic E-state index is -0.197. The molecular formula is C12H14INO2. The van der Waals surface area contributed by atoms with Crippen LogP contribution in [-0.2, 0) is 11.3 Å². The molecule has 0 N–H and O–H groups in total. The molecule has 1 aliphatic rings. The topological polar surface area (TPSA) is 29.5 Å². The van der Waals surface area contributed by atoms with Gasteiger partial charge in [-0.1, -0.05) is 52.9 Å². The maximum Gasteiger partial charge on any atom is 0.410 e. The lowest BCUT2D eigenvalue weighted by molar-refractivity contribution is 0.133. The highest BCUT2D eigenvalue weighted by Gasteiger charge is 2.33. The van der Waals surface area contributed by atoms with Gasteiger partial charge in [-0.3, -0.25) is 0 Å². The molecule has 0 aromatic heterocycles. The van der Waals surface area contributed by atoms with Gasteiger partial charge in [0.05, 0.1) is 6.54 Å². The normalized spacial score (nSPS) is 22.0. The molecule has 4 heteroatoms. The van der Waals surface area contributed by atoms with E-state index in [4.69, 9.17) is 4.74 Å². The standard InChI is InChI=1S/C12H14INO2/c1-9(13)11-8-14(12(15)16-11)7-10-5-3-2-4-6-10/h2-6,9,11H,7-8H2,1H3/t9-,11+/m1/s1. The fourth-order valence-corrected chi connectivity index (χ4v) is 2.08. The predicted octanol–water partition coefficient (Wildman–Crippen LogP) is 2.83. The van der Waals surface area contributed by atoms with Crippen molar-refractivity contribution in [3.05, 3.63) is 35.9 Å². The zero-order valence-corrected chi connectivity index (χ0v) is 11.3. The van der Waals surface area contributed by atoms with Crippen LogP contribution in [-0.4, -0.2) is 27.6 Å². The molecule has 0 spiro atoms. The minimum Gasteiger partial charge on any atom is -0.443 e. The number of carbonyl (C=O) groups is 1. The average molecular weight is 331 g/mol. The lowest BCUT2D eigenvalue weighted by Crippen LogP contribution is -2.26. The fourth-order valence-electron chi connectivity index (χ4n) is 1.70. The van der Waals surface area contributed by atoms with Gasteiger partial charge in [-0.15, -0.1) is 0 Å². The van der Waals surface area contributed by atoms with E-state index in [1.165, 1.54) is 0 Å². The number of halogens is 1. The number of alkyl halides is 1. The van der Waals surface area contributed by atoms with Gasteiger partial charge in [0.1, 0.15) is 6.10 Å². The summed E-state index contributed by atoms with van der Waals surface area (Å²) < 4.78 is 5.64. The van der Waals surface area contributed by atoms with Crippen LogP contribution in [0.15, 0.2) is 30.3 Å². The average Bonchev–Trinajstić information content (AvgIpc) is 2.62. The van der Waals surface area contributed by atoms with Crippen LogP contribution in [0, 0.1) is 0 Å². The van der Waals surface area contributed by atoms with Crippen molar-refractivity contribution >= 4 is 28.7 Å². The van der Waals surface area contributed by atoms with E-state index in [1.54, 1.807) is 4.90 Å². The Bertz CT molecular complexity index is 367. The van der Waals surface area contributed by atoms with Gasteiger partial charge in [-0.2, -0.15) is 0 Å². The van der Waals surface area contributed by atoms with E-state index in [0.717, 1.165) is 5.56 Å². The zero-order valence-electron chi connectivity index (χ0n) is 9.10. The first-order valence-electron chi connectivity index (χ1n) is 5.30. The minimum absolute atomic E-state index is 0.0248. The smallest absolute Gasteiger partial charge is 0.410 e. The summed E-state index contributed by atoms with van der Waals surface area (Å²) in [5.41, 5.74) is 1.14. The van der Waals surface area contributed by atoms with Crippen molar-refractivity contribution < 1.29 is 9.53 Å². The van der Waals surface area contributed by atoms with E-state index in [-0.39, 0.29) is 12.2 Å². The van der Waals surface area contributed by atoms with Crippen LogP contribution in [0.1, 0.15) is 12.5 Å². The molecule has 0 unspecified atom stereocenters. The fraction of sp³-hybridized carbons (Fsp3) is 0.417. The first-order chi connectivity index (χ1) is 7.66. The SMILES string of the molecule is C[C@@H](I)[C@@H]1CN(Cc2ccccc2)C(=O)O1. The quantitative estimate of drug-likeness (QED) is 0.630. The second-order valence-electron chi connectivity index (χ2n) is 3.97. The van der Waals surface area contributed by atoms with Crippen LogP contribution >= 0.6 is 22.6 Å². The number of ether oxygens (including phenoxy) is 1. The Kier molecular flexibility index (Phi) is 3.68. The molecule has 1 aromatic rings. The third kappa shape index (κ3) is 2.66. The molecule has 3 nitrogen and oxygen atoms in total. The summed E-state index contributed by atoms with van der Waals surface area (Å²) in [4.78, 5) is 13.4. The van der Waals surface area contributed by atoms with E-state index in [0.29, 0.717) is 17.0 Å². The van der Waals surface area contributed by atoms with Gasteiger partial charge in [0.25, 0.3) is 0 Å². The van der Waals surface area contributed by atoms with E-state index >= 15 is 0 Å². The van der Waals surface area contributed by atoms with Gasteiger partial charge >= 0.3 is 6.09 Å². The first kappa shape index (κ1) is 11.7. The lowest BCUT2D eigenvalue weighted by Gasteiger charge is -2.13. The highest BCUT2D eigenvalue weighted by Crippen LogP contribution is 2.20. The van der Waals surface area contributed by atoms with Gasteiger partial charge < -0.3 is 9.64 Å². The first-order valence-corrected chi connectivity index (χ1v) is 6.55. The van der Waals surface area contributed by atoms with Crippen molar-refractivity contribution in [2.45, 2.75) is 23.5 Å². The number of nitrogens with zero attached hydrogens (tertiary/aromatic N) is 1. The van der Waals surface area contributed by atoms with Crippen molar-refractivity contribution in [2.75, 3.05) is 6.54 Å². The summed E-state index contributed by atoms with van der Waals surface area (Å²) in [6, 6.07) is 9.98. The molecule has 0 radical (unpaired) electrons. The summed E-state index contributed by atoms with van der Waals surface area (Å²) in [6.07, 6.45) is -0.172. The summed E-state index contributed by atoms with van der Waals surface area (Å²) >= 11 is 2.29. The molecule has 2 atom stereocenters. The molecule has 1 aromatic carbocycles. The van der Waals surface area contributed by atoms with Gasteiger partial charge in [-0.25, -0.2) is 4.79 Å². The number of benzene rings is 1. The highest BCUT2D eigenvalue weighted by atomic mass is 127. The molecular weight excluding hydrogens is 317 g/mol. The molecule has 1 aliphatic heterocycles. The second kappa shape index (κ2) is 5.03. The number of hydrogen-bond acceptors (Lipinski definition) is 2. The molecule has 0 bridgehead atoms. The van der Waals surface area contributed by atoms with Gasteiger partial charge in [0, 0.05) is 10.5 Å². The van der Waals surface area contributed by atoms with Crippen molar-refractivity contribution in [1.29, 1.82) is 0 Å². The van der Waals surface area contributed by atoms with Gasteiger partial charge in [-0.05, 0) is 12.5 Å². The third-order valence-electron chi connectivity index (χ3n) is 2.64. The summed E-state index contributed by atoms with van der Waals surface area (Å²) in [7, 11) is 0. The van der Waals surface area contributed by atoms with E-state index < -0.39 is 0 Å². The van der Waals surface area contributed by atoms with Crippen LogP contribution in [0.25, 0.3) is 0 Å². The number of amides is 1. The summed E-state index contributed by atoms with van der Waals surface area (Å²) in [5, 5.41) is 0. The number of rotatable bonds is 3. The van der Waals surface area contributed by atoms with Crippen LogP contribution in [0.5, 0.6) is 0 Å². The van der Waals surface area contributed by atoms with Crippen LogP contribution < -0.4 is 0 Å². The number of cyclic esters (lactones) is 1. The van der Waals surface area contributed by atoms with Crippen molar-refractivity contribution in [2.24, 2.45) is 0 Å². The molecule has 0 aliphatic carbocycles. The molecule has 86 valence electrons. The molecule has 2 rings (SSSR count). The Morgan fingerprint density at radius 3 is 2.75 bits per heavy atom. The van der Waals surface area contributed by atoms with Crippen molar-refractivity contribution in [1.82, 2.24) is 4.90 Å². The lowest BCUT2D eigenvalue weighted by atomic mass is 10.2. The van der Waals surface area contributed by atoms with Crippen LogP contribution in [0.2, 0.25) is 0 Å². The zero-order chi connectivity index (χ0) is 11.5. The monoisotopic (exact) mass is 331 g/mol. The Hall–Kier alpha value is -0.780. The molecule has 1 fully saturated rings. The van der Waals surface area contributed by atoms with Gasteiger partial charge in [0.2, 0.25) is 0 Å². The molecule has 1 amide bonds. The molecule has 1 saturated heterocycles. The van der Waals surface area contributed by atoms with E-state index in [9.17, 15) is 4.79 Å². The van der Waals surface area contributed by atoms with Gasteiger partial charge in [0.15, 0.2) is 0 Å². The maximum absolute atomic E-state index is 11.6. The Morgan fingerprint density at radius 2 is 2.19 bits per heavy atom. The Morgan fingerprint density at radius 1 is 1.50 bits per heavy atom.